The summed E-state index contributed by atoms with van der Waals surface area (Å²) in [6.07, 6.45) is 6.80. The van der Waals surface area contributed by atoms with Crippen LogP contribution in [0.2, 0.25) is 0 Å². The third kappa shape index (κ3) is 4.73. The van der Waals surface area contributed by atoms with E-state index < -0.39 is 0 Å². The van der Waals surface area contributed by atoms with Crippen LogP contribution >= 0.6 is 0 Å². The molecule has 0 aromatic rings. The molecule has 2 heteroatoms. The second-order valence-electron chi connectivity index (χ2n) is 8.94. The van der Waals surface area contributed by atoms with Crippen LogP contribution in [0.15, 0.2) is 0 Å². The molecule has 0 aromatic heterocycles. The van der Waals surface area contributed by atoms with Gasteiger partial charge in [-0.25, -0.2) is 0 Å². The molecule has 1 heterocycles. The van der Waals surface area contributed by atoms with Crippen molar-refractivity contribution in [3.05, 3.63) is 0 Å². The predicted molar refractivity (Wildman–Crippen MR) is 85.9 cm³/mol. The molecule has 1 aliphatic carbocycles. The van der Waals surface area contributed by atoms with Gasteiger partial charge in [-0.3, -0.25) is 0 Å². The summed E-state index contributed by atoms with van der Waals surface area (Å²) in [5.74, 6) is 2.50. The van der Waals surface area contributed by atoms with Gasteiger partial charge in [0.05, 0.1) is 0 Å². The van der Waals surface area contributed by atoms with Gasteiger partial charge in [0, 0.05) is 18.8 Å². The lowest BCUT2D eigenvalue weighted by Gasteiger charge is -2.46. The van der Waals surface area contributed by atoms with Gasteiger partial charge in [0.25, 0.3) is 0 Å². The Morgan fingerprint density at radius 1 is 1.20 bits per heavy atom. The Labute approximate surface area is 126 Å². The average Bonchev–Trinajstić information content (AvgIpc) is 2.36. The smallest absolute Gasteiger partial charge is 0.0497 e. The van der Waals surface area contributed by atoms with Crippen molar-refractivity contribution >= 4 is 0 Å². The topological polar surface area (TPSA) is 21.3 Å². The Morgan fingerprint density at radius 3 is 2.55 bits per heavy atom. The monoisotopic (exact) mass is 281 g/mol. The highest BCUT2D eigenvalue weighted by molar-refractivity contribution is 4.90. The fourth-order valence-corrected chi connectivity index (χ4v) is 4.04. The average molecular weight is 281 g/mol. The van der Waals surface area contributed by atoms with Crippen LogP contribution < -0.4 is 5.32 Å². The normalized spacial score (nSPS) is 35.0. The lowest BCUT2D eigenvalue weighted by molar-refractivity contribution is -0.0160. The highest BCUT2D eigenvalue weighted by Gasteiger charge is 2.39. The van der Waals surface area contributed by atoms with Crippen LogP contribution in [0.4, 0.5) is 0 Å². The van der Waals surface area contributed by atoms with Gasteiger partial charge in [0.2, 0.25) is 0 Å². The molecule has 1 aliphatic heterocycles. The largest absolute Gasteiger partial charge is 0.381 e. The second kappa shape index (κ2) is 6.36. The molecule has 1 N–H and O–H groups in total. The molecule has 2 rings (SSSR count). The summed E-state index contributed by atoms with van der Waals surface area (Å²) in [6.45, 7) is 14.9. The lowest BCUT2D eigenvalue weighted by atomic mass is 9.62. The fourth-order valence-electron chi connectivity index (χ4n) is 4.04. The minimum atomic E-state index is 0.237. The maximum absolute atomic E-state index is 5.78. The van der Waals surface area contributed by atoms with Crippen molar-refractivity contribution in [3.8, 4) is 0 Å². The minimum absolute atomic E-state index is 0.237. The van der Waals surface area contributed by atoms with Crippen LogP contribution in [0.25, 0.3) is 0 Å². The van der Waals surface area contributed by atoms with E-state index in [1.54, 1.807) is 0 Å². The van der Waals surface area contributed by atoms with E-state index in [0.29, 0.717) is 5.41 Å². The fraction of sp³-hybridized carbons (Fsp3) is 1.00. The molecule has 1 saturated carbocycles. The summed E-state index contributed by atoms with van der Waals surface area (Å²) in [6, 6.07) is 0. The van der Waals surface area contributed by atoms with E-state index in [4.69, 9.17) is 4.74 Å². The van der Waals surface area contributed by atoms with Crippen LogP contribution in [0, 0.1) is 23.2 Å². The molecule has 20 heavy (non-hydrogen) atoms. The molecule has 0 aromatic carbocycles. The summed E-state index contributed by atoms with van der Waals surface area (Å²) in [5.41, 5.74) is 0.765. The third-order valence-corrected chi connectivity index (χ3v) is 5.28. The molecule has 118 valence electrons. The molecule has 0 spiro atoms. The van der Waals surface area contributed by atoms with E-state index in [2.05, 4.69) is 39.9 Å². The first kappa shape index (κ1) is 16.3. The van der Waals surface area contributed by atoms with Gasteiger partial charge < -0.3 is 10.1 Å². The van der Waals surface area contributed by atoms with Crippen molar-refractivity contribution < 1.29 is 4.74 Å². The Kier molecular flexibility index (Phi) is 5.18. The Morgan fingerprint density at radius 2 is 1.95 bits per heavy atom. The van der Waals surface area contributed by atoms with Gasteiger partial charge in [0.15, 0.2) is 0 Å². The third-order valence-electron chi connectivity index (χ3n) is 5.28. The van der Waals surface area contributed by atoms with Gasteiger partial charge in [-0.2, -0.15) is 0 Å². The first-order chi connectivity index (χ1) is 9.27. The van der Waals surface area contributed by atoms with Gasteiger partial charge in [-0.05, 0) is 82.6 Å². The quantitative estimate of drug-likeness (QED) is 0.835. The summed E-state index contributed by atoms with van der Waals surface area (Å²) >= 11 is 0. The van der Waals surface area contributed by atoms with Crippen molar-refractivity contribution in [2.75, 3.05) is 19.8 Å². The summed E-state index contributed by atoms with van der Waals surface area (Å²) in [7, 11) is 0. The summed E-state index contributed by atoms with van der Waals surface area (Å²) in [4.78, 5) is 0. The van der Waals surface area contributed by atoms with E-state index in [1.807, 2.05) is 0 Å². The van der Waals surface area contributed by atoms with Gasteiger partial charge in [-0.15, -0.1) is 0 Å². The number of hydrogen-bond donors (Lipinski definition) is 1. The van der Waals surface area contributed by atoms with E-state index in [-0.39, 0.29) is 5.54 Å². The SMILES string of the molecule is CC1(C)CCC(CNC(C)(C)C)C(C2CCCOC2)C1. The molecule has 0 radical (unpaired) electrons. The molecule has 0 amide bonds. The molecule has 1 saturated heterocycles. The van der Waals surface area contributed by atoms with Crippen molar-refractivity contribution in [2.45, 2.75) is 72.3 Å². The number of rotatable bonds is 3. The number of nitrogens with one attached hydrogen (secondary N) is 1. The molecule has 3 unspecified atom stereocenters. The first-order valence-corrected chi connectivity index (χ1v) is 8.60. The van der Waals surface area contributed by atoms with Crippen molar-refractivity contribution in [2.24, 2.45) is 23.2 Å². The molecule has 0 bridgehead atoms. The predicted octanol–water partition coefficient (Wildman–Crippen LogP) is 4.24. The molecule has 2 fully saturated rings. The Bertz CT molecular complexity index is 299. The van der Waals surface area contributed by atoms with Crippen molar-refractivity contribution in [3.63, 3.8) is 0 Å². The molecular formula is C18H35NO. The van der Waals surface area contributed by atoms with Crippen LogP contribution in [-0.2, 0) is 4.74 Å². The summed E-state index contributed by atoms with van der Waals surface area (Å²) in [5, 5.41) is 3.75. The van der Waals surface area contributed by atoms with Crippen molar-refractivity contribution in [1.82, 2.24) is 5.32 Å². The van der Waals surface area contributed by atoms with Gasteiger partial charge in [0.1, 0.15) is 0 Å². The van der Waals surface area contributed by atoms with Crippen LogP contribution in [0.1, 0.15) is 66.7 Å². The number of hydrogen-bond acceptors (Lipinski definition) is 2. The molecule has 3 atom stereocenters. The molecule has 2 aliphatic rings. The zero-order valence-electron chi connectivity index (χ0n) is 14.3. The van der Waals surface area contributed by atoms with E-state index >= 15 is 0 Å². The maximum atomic E-state index is 5.78. The van der Waals surface area contributed by atoms with Crippen LogP contribution in [-0.4, -0.2) is 25.3 Å². The Hall–Kier alpha value is -0.0800. The van der Waals surface area contributed by atoms with E-state index in [1.165, 1.54) is 38.6 Å². The van der Waals surface area contributed by atoms with Gasteiger partial charge >= 0.3 is 0 Å². The van der Waals surface area contributed by atoms with E-state index in [0.717, 1.165) is 31.0 Å². The highest BCUT2D eigenvalue weighted by Crippen LogP contribution is 2.46. The second-order valence-corrected chi connectivity index (χ2v) is 8.94. The zero-order valence-corrected chi connectivity index (χ0v) is 14.3. The number of ether oxygens (including phenoxy) is 1. The summed E-state index contributed by atoms with van der Waals surface area (Å²) < 4.78 is 5.78. The first-order valence-electron chi connectivity index (χ1n) is 8.60. The minimum Gasteiger partial charge on any atom is -0.381 e. The van der Waals surface area contributed by atoms with E-state index in [9.17, 15) is 0 Å². The highest BCUT2D eigenvalue weighted by atomic mass is 16.5. The van der Waals surface area contributed by atoms with Crippen molar-refractivity contribution in [1.29, 1.82) is 0 Å². The van der Waals surface area contributed by atoms with Gasteiger partial charge in [-0.1, -0.05) is 13.8 Å². The molecule has 2 nitrogen and oxygen atoms in total. The zero-order chi connectivity index (χ0) is 14.8. The van der Waals surface area contributed by atoms with Crippen LogP contribution in [0.3, 0.4) is 0 Å². The Balaban J connectivity index is 1.99. The molecular weight excluding hydrogens is 246 g/mol. The lowest BCUT2D eigenvalue weighted by Crippen LogP contribution is -2.45. The van der Waals surface area contributed by atoms with Crippen LogP contribution in [0.5, 0.6) is 0 Å². The maximum Gasteiger partial charge on any atom is 0.0497 e. The standard InChI is InChI=1S/C18H35NO/c1-17(2,3)19-12-14-8-9-18(4,5)11-16(14)15-7-6-10-20-13-15/h14-16,19H,6-13H2,1-5H3.